The summed E-state index contributed by atoms with van der Waals surface area (Å²) < 4.78 is 2.70. The molecule has 0 aliphatic rings. The zero-order valence-electron chi connectivity index (χ0n) is 11.3. The summed E-state index contributed by atoms with van der Waals surface area (Å²) in [7, 11) is 0. The summed E-state index contributed by atoms with van der Waals surface area (Å²) in [6.07, 6.45) is 0. The van der Waals surface area contributed by atoms with E-state index in [-0.39, 0.29) is 18.9 Å². The van der Waals surface area contributed by atoms with E-state index in [4.69, 9.17) is 0 Å². The van der Waals surface area contributed by atoms with Gasteiger partial charge in [0.1, 0.15) is 0 Å². The molecule has 0 saturated carbocycles. The third-order valence-electron chi connectivity index (χ3n) is 3.40. The van der Waals surface area contributed by atoms with Crippen molar-refractivity contribution in [3.63, 3.8) is 0 Å². The molecule has 0 N–H and O–H groups in total. The Morgan fingerprint density at radius 1 is 0.750 bits per heavy atom. The fourth-order valence-corrected chi connectivity index (χ4v) is 3.75. The summed E-state index contributed by atoms with van der Waals surface area (Å²) in [5.74, 6) is 0. The summed E-state index contributed by atoms with van der Waals surface area (Å²) in [6, 6.07) is 26.6. The first kappa shape index (κ1) is 13.5. The van der Waals surface area contributed by atoms with E-state index in [1.165, 1.54) is 31.3 Å². The molecule has 4 rings (SSSR count). The molecule has 0 bridgehead atoms. The normalized spacial score (nSPS) is 10.6. The van der Waals surface area contributed by atoms with Gasteiger partial charge in [-0.2, -0.15) is 0 Å². The number of hydrogen-bond acceptors (Lipinski definition) is 1. The van der Waals surface area contributed by atoms with E-state index in [9.17, 15) is 0 Å². The molecule has 0 atom stereocenters. The topological polar surface area (TPSA) is 0 Å². The minimum atomic E-state index is 0. The fraction of sp³-hybridized carbons (Fsp3) is 0. The van der Waals surface area contributed by atoms with Crippen molar-refractivity contribution in [2.24, 2.45) is 0 Å². The minimum absolute atomic E-state index is 0. The number of benzene rings is 3. The first-order chi connectivity index (χ1) is 9.43. The van der Waals surface area contributed by atoms with Crippen LogP contribution in [0.1, 0.15) is 0 Å². The third kappa shape index (κ3) is 2.09. The average Bonchev–Trinajstić information content (AvgIpc) is 2.87. The van der Waals surface area contributed by atoms with E-state index in [0.29, 0.717) is 0 Å². The smallest absolute Gasteiger partial charge is 0.147 e. The van der Waals surface area contributed by atoms with Crippen molar-refractivity contribution < 1.29 is 18.9 Å². The van der Waals surface area contributed by atoms with Crippen LogP contribution in [-0.2, 0) is 0 Å². The first-order valence-corrected chi connectivity index (χ1v) is 7.12. The molecule has 0 unspecified atom stereocenters. The molecule has 3 aromatic carbocycles. The van der Waals surface area contributed by atoms with Crippen LogP contribution in [0.5, 0.6) is 0 Å². The van der Waals surface area contributed by atoms with E-state index in [2.05, 4.69) is 60.7 Å². The van der Waals surface area contributed by atoms with Crippen molar-refractivity contribution in [1.82, 2.24) is 0 Å². The van der Waals surface area contributed by atoms with E-state index in [1.54, 1.807) is 0 Å². The molecule has 0 saturated heterocycles. The summed E-state index contributed by atoms with van der Waals surface area (Å²) >= 11 is 1.86. The van der Waals surface area contributed by atoms with Crippen LogP contribution >= 0.6 is 11.3 Å². The van der Waals surface area contributed by atoms with Gasteiger partial charge in [-0.1, -0.05) is 42.0 Å². The summed E-state index contributed by atoms with van der Waals surface area (Å²) in [5.41, 5.74) is 2.44. The number of rotatable bonds is 1. The summed E-state index contributed by atoms with van der Waals surface area (Å²) in [5, 5.41) is 2.69. The second-order valence-corrected chi connectivity index (χ2v) is 5.61. The third-order valence-corrected chi connectivity index (χ3v) is 4.62. The van der Waals surface area contributed by atoms with Gasteiger partial charge in [-0.05, 0) is 16.8 Å². The second-order valence-electron chi connectivity index (χ2n) is 4.56. The van der Waals surface area contributed by atoms with Crippen molar-refractivity contribution in [2.75, 3.05) is 0 Å². The minimum Gasteiger partial charge on any atom is -0.147 e. The Hall–Kier alpha value is -1.52. The van der Waals surface area contributed by atoms with E-state index in [0.717, 1.165) is 0 Å². The number of fused-ring (bicyclic) bond motifs is 3. The molecule has 90 valence electrons. The molecule has 0 aliphatic carbocycles. The maximum absolute atomic E-state index is 3.33. The molecular weight excluding hydrogens is 255 g/mol. The van der Waals surface area contributed by atoms with E-state index < -0.39 is 0 Å². The molecule has 20 heavy (non-hydrogen) atoms. The SMILES string of the molecule is [Li+].[c-]1ccccc1-c1cccc2c1sc1ccccc12. The van der Waals surface area contributed by atoms with Crippen molar-refractivity contribution in [3.05, 3.63) is 72.8 Å². The van der Waals surface area contributed by atoms with Crippen molar-refractivity contribution in [2.45, 2.75) is 0 Å². The Morgan fingerprint density at radius 3 is 2.40 bits per heavy atom. The van der Waals surface area contributed by atoms with Crippen LogP contribution in [0.4, 0.5) is 0 Å². The monoisotopic (exact) mass is 266 g/mol. The van der Waals surface area contributed by atoms with Crippen molar-refractivity contribution >= 4 is 31.5 Å². The fourth-order valence-electron chi connectivity index (χ4n) is 2.52. The number of hydrogen-bond donors (Lipinski definition) is 0. The van der Waals surface area contributed by atoms with E-state index >= 15 is 0 Å². The molecule has 0 amide bonds. The van der Waals surface area contributed by atoms with Crippen LogP contribution in [0, 0.1) is 6.07 Å². The van der Waals surface area contributed by atoms with Crippen LogP contribution in [0.25, 0.3) is 31.3 Å². The number of thiophene rings is 1. The summed E-state index contributed by atoms with van der Waals surface area (Å²) in [4.78, 5) is 0. The van der Waals surface area contributed by atoms with Gasteiger partial charge in [-0.15, -0.1) is 47.2 Å². The molecule has 4 aromatic rings. The van der Waals surface area contributed by atoms with Gasteiger partial charge < -0.3 is 0 Å². The Labute approximate surface area is 134 Å². The molecule has 0 radical (unpaired) electrons. The van der Waals surface area contributed by atoms with Gasteiger partial charge in [-0.25, -0.2) is 0 Å². The zero-order chi connectivity index (χ0) is 12.7. The van der Waals surface area contributed by atoms with Crippen LogP contribution in [0.15, 0.2) is 66.7 Å². The quantitative estimate of drug-likeness (QED) is 0.367. The second kappa shape index (κ2) is 5.46. The predicted octanol–water partition coefficient (Wildman–Crippen LogP) is 2.53. The summed E-state index contributed by atoms with van der Waals surface area (Å²) in [6.45, 7) is 0. The Bertz CT molecular complexity index is 862. The average molecular weight is 266 g/mol. The molecule has 0 nitrogen and oxygen atoms in total. The molecule has 0 aliphatic heterocycles. The van der Waals surface area contributed by atoms with Crippen LogP contribution in [0.2, 0.25) is 0 Å². The molecule has 1 aromatic heterocycles. The Morgan fingerprint density at radius 2 is 1.55 bits per heavy atom. The van der Waals surface area contributed by atoms with Crippen LogP contribution < -0.4 is 18.9 Å². The van der Waals surface area contributed by atoms with Gasteiger partial charge in [-0.3, -0.25) is 0 Å². The van der Waals surface area contributed by atoms with Gasteiger partial charge in [0.2, 0.25) is 0 Å². The van der Waals surface area contributed by atoms with Gasteiger partial charge in [0.25, 0.3) is 0 Å². The van der Waals surface area contributed by atoms with E-state index in [1.807, 2.05) is 23.5 Å². The molecule has 0 fully saturated rings. The molecule has 1 heterocycles. The van der Waals surface area contributed by atoms with Gasteiger partial charge in [0, 0.05) is 9.40 Å². The standard InChI is InChI=1S/C18H11S.Li/c1-2-7-13(8-3-1)14-10-6-11-16-15-9-4-5-12-17(15)19-18(14)16;/h1-7,9-12H;/q-1;+1. The van der Waals surface area contributed by atoms with Crippen molar-refractivity contribution in [3.8, 4) is 11.1 Å². The first-order valence-electron chi connectivity index (χ1n) is 6.31. The van der Waals surface area contributed by atoms with Crippen LogP contribution in [0.3, 0.4) is 0 Å². The predicted molar refractivity (Wildman–Crippen MR) is 83.6 cm³/mol. The molecular formula is C18H11LiS. The Balaban J connectivity index is 0.00000121. The largest absolute Gasteiger partial charge is 1.00 e. The maximum Gasteiger partial charge on any atom is 1.00 e. The Kier molecular flexibility index (Phi) is 3.68. The molecule has 0 spiro atoms. The van der Waals surface area contributed by atoms with Gasteiger partial charge in [0.05, 0.1) is 0 Å². The zero-order valence-corrected chi connectivity index (χ0v) is 12.1. The van der Waals surface area contributed by atoms with Crippen molar-refractivity contribution in [1.29, 1.82) is 0 Å². The van der Waals surface area contributed by atoms with Gasteiger partial charge >= 0.3 is 18.9 Å². The maximum atomic E-state index is 3.33. The van der Waals surface area contributed by atoms with Gasteiger partial charge in [0.15, 0.2) is 0 Å². The molecule has 2 heteroatoms. The van der Waals surface area contributed by atoms with Crippen LogP contribution in [-0.4, -0.2) is 0 Å².